The number of rotatable bonds is 7. The topological polar surface area (TPSA) is 25.2 Å². The van der Waals surface area contributed by atoms with Crippen molar-refractivity contribution < 1.29 is 4.42 Å². The Labute approximate surface area is 131 Å². The Morgan fingerprint density at radius 1 is 0.818 bits per heavy atom. The second kappa shape index (κ2) is 7.62. The SMILES string of the molecule is c1ccc(CNCC[C@H](c2ccccc2)c2ccco2)cc1. The van der Waals surface area contributed by atoms with Crippen molar-refractivity contribution in [2.75, 3.05) is 6.54 Å². The van der Waals surface area contributed by atoms with Crippen LogP contribution in [0.5, 0.6) is 0 Å². The van der Waals surface area contributed by atoms with Crippen LogP contribution in [0.3, 0.4) is 0 Å². The van der Waals surface area contributed by atoms with Gasteiger partial charge in [-0.05, 0) is 36.2 Å². The van der Waals surface area contributed by atoms with Crippen LogP contribution in [0.15, 0.2) is 83.5 Å². The van der Waals surface area contributed by atoms with E-state index in [0.29, 0.717) is 5.92 Å². The first kappa shape index (κ1) is 14.6. The first-order valence-corrected chi connectivity index (χ1v) is 7.76. The van der Waals surface area contributed by atoms with Crippen molar-refractivity contribution in [2.45, 2.75) is 18.9 Å². The molecule has 0 amide bonds. The zero-order valence-corrected chi connectivity index (χ0v) is 12.6. The van der Waals surface area contributed by atoms with E-state index >= 15 is 0 Å². The summed E-state index contributed by atoms with van der Waals surface area (Å²) in [5.74, 6) is 1.34. The third kappa shape index (κ3) is 3.86. The molecule has 1 aromatic heterocycles. The van der Waals surface area contributed by atoms with Crippen LogP contribution in [0.2, 0.25) is 0 Å². The Bertz CT molecular complexity index is 647. The fourth-order valence-electron chi connectivity index (χ4n) is 2.72. The molecule has 0 aliphatic heterocycles. The maximum atomic E-state index is 5.64. The van der Waals surface area contributed by atoms with Gasteiger partial charge >= 0.3 is 0 Å². The summed E-state index contributed by atoms with van der Waals surface area (Å²) in [5.41, 5.74) is 2.62. The largest absolute Gasteiger partial charge is 0.469 e. The van der Waals surface area contributed by atoms with E-state index < -0.39 is 0 Å². The van der Waals surface area contributed by atoms with Crippen LogP contribution < -0.4 is 5.32 Å². The second-order valence-corrected chi connectivity index (χ2v) is 5.43. The highest BCUT2D eigenvalue weighted by Gasteiger charge is 2.16. The quantitative estimate of drug-likeness (QED) is 0.644. The molecule has 0 fully saturated rings. The molecular formula is C20H21NO. The molecule has 3 aromatic rings. The zero-order valence-electron chi connectivity index (χ0n) is 12.6. The smallest absolute Gasteiger partial charge is 0.111 e. The summed E-state index contributed by atoms with van der Waals surface area (Å²) in [5, 5.41) is 3.52. The van der Waals surface area contributed by atoms with E-state index in [0.717, 1.165) is 25.3 Å². The van der Waals surface area contributed by atoms with Gasteiger partial charge in [-0.3, -0.25) is 0 Å². The van der Waals surface area contributed by atoms with Gasteiger partial charge in [0.15, 0.2) is 0 Å². The van der Waals surface area contributed by atoms with Crippen LogP contribution in [0.1, 0.15) is 29.2 Å². The summed E-state index contributed by atoms with van der Waals surface area (Å²) in [4.78, 5) is 0. The van der Waals surface area contributed by atoms with E-state index in [-0.39, 0.29) is 0 Å². The molecule has 0 spiro atoms. The van der Waals surface area contributed by atoms with Crippen molar-refractivity contribution in [3.05, 3.63) is 95.9 Å². The molecule has 3 rings (SSSR count). The lowest BCUT2D eigenvalue weighted by molar-refractivity contribution is 0.466. The normalized spacial score (nSPS) is 12.2. The minimum absolute atomic E-state index is 0.305. The van der Waals surface area contributed by atoms with Crippen LogP contribution in [-0.2, 0) is 6.54 Å². The fourth-order valence-corrected chi connectivity index (χ4v) is 2.72. The predicted molar refractivity (Wildman–Crippen MR) is 89.8 cm³/mol. The number of hydrogen-bond donors (Lipinski definition) is 1. The van der Waals surface area contributed by atoms with Crippen LogP contribution in [0, 0.1) is 0 Å². The van der Waals surface area contributed by atoms with Gasteiger partial charge in [-0.15, -0.1) is 0 Å². The summed E-state index contributed by atoms with van der Waals surface area (Å²) < 4.78 is 5.64. The lowest BCUT2D eigenvalue weighted by atomic mass is 9.93. The lowest BCUT2D eigenvalue weighted by Gasteiger charge is -2.15. The van der Waals surface area contributed by atoms with Crippen molar-refractivity contribution in [2.24, 2.45) is 0 Å². The van der Waals surface area contributed by atoms with Crippen LogP contribution >= 0.6 is 0 Å². The molecule has 0 unspecified atom stereocenters. The van der Waals surface area contributed by atoms with Crippen LogP contribution in [0.4, 0.5) is 0 Å². The van der Waals surface area contributed by atoms with E-state index in [1.165, 1.54) is 11.1 Å². The monoisotopic (exact) mass is 291 g/mol. The van der Waals surface area contributed by atoms with E-state index in [2.05, 4.69) is 66.0 Å². The Kier molecular flexibility index (Phi) is 5.06. The van der Waals surface area contributed by atoms with E-state index in [1.807, 2.05) is 12.1 Å². The Balaban J connectivity index is 1.59. The molecule has 1 atom stereocenters. The molecule has 1 heterocycles. The molecule has 0 aliphatic carbocycles. The molecule has 1 N–H and O–H groups in total. The number of furan rings is 1. The average Bonchev–Trinajstić information content (AvgIpc) is 3.11. The van der Waals surface area contributed by atoms with Crippen molar-refractivity contribution in [3.8, 4) is 0 Å². The van der Waals surface area contributed by atoms with Crippen molar-refractivity contribution in [1.29, 1.82) is 0 Å². The summed E-state index contributed by atoms with van der Waals surface area (Å²) in [6.07, 6.45) is 2.77. The van der Waals surface area contributed by atoms with Crippen molar-refractivity contribution in [1.82, 2.24) is 5.32 Å². The van der Waals surface area contributed by atoms with Gasteiger partial charge < -0.3 is 9.73 Å². The van der Waals surface area contributed by atoms with Gasteiger partial charge in [0.2, 0.25) is 0 Å². The molecule has 0 saturated carbocycles. The lowest BCUT2D eigenvalue weighted by Crippen LogP contribution is -2.17. The Morgan fingerprint density at radius 2 is 1.55 bits per heavy atom. The third-order valence-electron chi connectivity index (χ3n) is 3.87. The van der Waals surface area contributed by atoms with Gasteiger partial charge in [-0.25, -0.2) is 0 Å². The Hall–Kier alpha value is -2.32. The molecule has 2 aromatic carbocycles. The minimum Gasteiger partial charge on any atom is -0.469 e. The summed E-state index contributed by atoms with van der Waals surface area (Å²) in [6, 6.07) is 25.1. The molecule has 22 heavy (non-hydrogen) atoms. The first-order chi connectivity index (χ1) is 10.9. The average molecular weight is 291 g/mol. The van der Waals surface area contributed by atoms with E-state index in [9.17, 15) is 0 Å². The van der Waals surface area contributed by atoms with Gasteiger partial charge in [0.05, 0.1) is 6.26 Å². The second-order valence-electron chi connectivity index (χ2n) is 5.43. The van der Waals surface area contributed by atoms with Crippen molar-refractivity contribution in [3.63, 3.8) is 0 Å². The van der Waals surface area contributed by atoms with Crippen LogP contribution in [-0.4, -0.2) is 6.54 Å². The predicted octanol–water partition coefficient (Wildman–Crippen LogP) is 4.59. The summed E-state index contributed by atoms with van der Waals surface area (Å²) >= 11 is 0. The maximum Gasteiger partial charge on any atom is 0.111 e. The fraction of sp³-hybridized carbons (Fsp3) is 0.200. The summed E-state index contributed by atoms with van der Waals surface area (Å²) in [7, 11) is 0. The van der Waals surface area contributed by atoms with Crippen molar-refractivity contribution >= 4 is 0 Å². The Morgan fingerprint density at radius 3 is 2.23 bits per heavy atom. The molecule has 2 heteroatoms. The highest BCUT2D eigenvalue weighted by Crippen LogP contribution is 2.27. The summed E-state index contributed by atoms with van der Waals surface area (Å²) in [6.45, 7) is 1.86. The van der Waals surface area contributed by atoms with Gasteiger partial charge in [0.1, 0.15) is 5.76 Å². The van der Waals surface area contributed by atoms with Gasteiger partial charge in [-0.2, -0.15) is 0 Å². The van der Waals surface area contributed by atoms with Crippen LogP contribution in [0.25, 0.3) is 0 Å². The molecule has 112 valence electrons. The van der Waals surface area contributed by atoms with E-state index in [1.54, 1.807) is 6.26 Å². The minimum atomic E-state index is 0.305. The van der Waals surface area contributed by atoms with Gasteiger partial charge in [0.25, 0.3) is 0 Å². The number of benzene rings is 2. The number of nitrogens with one attached hydrogen (secondary N) is 1. The van der Waals surface area contributed by atoms with E-state index in [4.69, 9.17) is 4.42 Å². The zero-order chi connectivity index (χ0) is 15.0. The standard InChI is InChI=1S/C20H21NO/c1-3-8-17(9-4-1)16-21-14-13-19(20-12-7-15-22-20)18-10-5-2-6-11-18/h1-12,15,19,21H,13-14,16H2/t19-/m1/s1. The maximum absolute atomic E-state index is 5.64. The molecule has 2 nitrogen and oxygen atoms in total. The highest BCUT2D eigenvalue weighted by molar-refractivity contribution is 5.27. The molecular weight excluding hydrogens is 270 g/mol. The molecule has 0 aliphatic rings. The highest BCUT2D eigenvalue weighted by atomic mass is 16.3. The molecule has 0 saturated heterocycles. The first-order valence-electron chi connectivity index (χ1n) is 7.76. The number of hydrogen-bond acceptors (Lipinski definition) is 2. The van der Waals surface area contributed by atoms with Gasteiger partial charge in [-0.1, -0.05) is 60.7 Å². The molecule has 0 bridgehead atoms. The van der Waals surface area contributed by atoms with Gasteiger partial charge in [0, 0.05) is 12.5 Å². The third-order valence-corrected chi connectivity index (χ3v) is 3.87. The molecule has 0 radical (unpaired) electrons.